The summed E-state index contributed by atoms with van der Waals surface area (Å²) in [5.41, 5.74) is 1.06. The molecule has 130 valence electrons. The topological polar surface area (TPSA) is 40.6 Å². The average Bonchev–Trinajstić information content (AvgIpc) is 3.16. The molecule has 0 spiro atoms. The van der Waals surface area contributed by atoms with E-state index in [2.05, 4.69) is 12.1 Å². The van der Waals surface area contributed by atoms with Crippen molar-refractivity contribution in [2.75, 3.05) is 32.4 Å². The largest absolute Gasteiger partial charge is 0.339 e. The molecule has 0 aromatic heterocycles. The first-order chi connectivity index (χ1) is 11.7. The minimum absolute atomic E-state index is 0.167. The molecule has 0 atom stereocenters. The molecule has 2 amide bonds. The van der Waals surface area contributed by atoms with Gasteiger partial charge in [0.15, 0.2) is 0 Å². The van der Waals surface area contributed by atoms with Gasteiger partial charge in [0, 0.05) is 37.0 Å². The number of hydrogen-bond acceptors (Lipinski definition) is 3. The molecule has 1 aromatic rings. The van der Waals surface area contributed by atoms with Crippen molar-refractivity contribution in [2.45, 2.75) is 37.0 Å². The van der Waals surface area contributed by atoms with Crippen LogP contribution in [0.4, 0.5) is 0 Å². The molecule has 5 heteroatoms. The predicted molar refractivity (Wildman–Crippen MR) is 97.0 cm³/mol. The van der Waals surface area contributed by atoms with Gasteiger partial charge in [0.2, 0.25) is 11.8 Å². The smallest absolute Gasteiger partial charge is 0.227 e. The molecule has 0 N–H and O–H groups in total. The molecule has 0 radical (unpaired) electrons. The van der Waals surface area contributed by atoms with E-state index in [0.29, 0.717) is 38.5 Å². The van der Waals surface area contributed by atoms with Gasteiger partial charge in [0.25, 0.3) is 0 Å². The molecule has 3 rings (SSSR count). The highest BCUT2D eigenvalue weighted by Gasteiger charge is 2.30. The Morgan fingerprint density at radius 2 is 1.58 bits per heavy atom. The maximum absolute atomic E-state index is 12.5. The summed E-state index contributed by atoms with van der Waals surface area (Å²) >= 11 is 1.70. The lowest BCUT2D eigenvalue weighted by Crippen LogP contribution is -2.52. The number of carbonyl (C=O) groups excluding carboxylic acids is 2. The highest BCUT2D eigenvalue weighted by atomic mass is 32.2. The van der Waals surface area contributed by atoms with E-state index in [1.165, 1.54) is 17.7 Å². The Balaban J connectivity index is 1.48. The molecule has 1 aromatic carbocycles. The second kappa shape index (κ2) is 8.06. The summed E-state index contributed by atoms with van der Waals surface area (Å²) in [4.78, 5) is 30.0. The van der Waals surface area contributed by atoms with E-state index in [1.807, 2.05) is 28.2 Å². The minimum atomic E-state index is 0.167. The highest BCUT2D eigenvalue weighted by Crippen LogP contribution is 2.27. The fraction of sp³-hybridized carbons (Fsp3) is 0.579. The Kier molecular flexibility index (Phi) is 5.82. The lowest BCUT2D eigenvalue weighted by atomic mass is 10.1. The van der Waals surface area contributed by atoms with Gasteiger partial charge < -0.3 is 9.80 Å². The summed E-state index contributed by atoms with van der Waals surface area (Å²) in [5.74, 6) is 0.717. The van der Waals surface area contributed by atoms with Crippen molar-refractivity contribution < 1.29 is 9.59 Å². The summed E-state index contributed by atoms with van der Waals surface area (Å²) in [6, 6.07) is 8.18. The van der Waals surface area contributed by atoms with E-state index < -0.39 is 0 Å². The first-order valence-corrected chi connectivity index (χ1v) is 10.1. The van der Waals surface area contributed by atoms with Gasteiger partial charge in [-0.1, -0.05) is 25.0 Å². The normalized spacial score (nSPS) is 18.9. The van der Waals surface area contributed by atoms with Crippen LogP contribution in [0.3, 0.4) is 0 Å². The Morgan fingerprint density at radius 1 is 1.00 bits per heavy atom. The van der Waals surface area contributed by atoms with Crippen LogP contribution in [0.1, 0.15) is 31.2 Å². The molecule has 1 saturated heterocycles. The fourth-order valence-electron chi connectivity index (χ4n) is 3.64. The number of carbonyl (C=O) groups is 2. The molecule has 0 unspecified atom stereocenters. The molecule has 4 nitrogen and oxygen atoms in total. The lowest BCUT2D eigenvalue weighted by molar-refractivity contribution is -0.141. The number of benzene rings is 1. The quantitative estimate of drug-likeness (QED) is 0.787. The zero-order valence-electron chi connectivity index (χ0n) is 14.4. The van der Waals surface area contributed by atoms with Gasteiger partial charge in [-0.25, -0.2) is 0 Å². The van der Waals surface area contributed by atoms with Crippen LogP contribution in [0.2, 0.25) is 0 Å². The molecular formula is C19H26N2O2S. The van der Waals surface area contributed by atoms with Gasteiger partial charge in [-0.15, -0.1) is 11.8 Å². The minimum Gasteiger partial charge on any atom is -0.339 e. The molecule has 2 aliphatic rings. The summed E-state index contributed by atoms with van der Waals surface area (Å²) in [5, 5.41) is 0. The summed E-state index contributed by atoms with van der Waals surface area (Å²) in [6.45, 7) is 2.71. The molecular weight excluding hydrogens is 320 g/mol. The van der Waals surface area contributed by atoms with Gasteiger partial charge in [0.1, 0.15) is 0 Å². The maximum Gasteiger partial charge on any atom is 0.227 e. The Hall–Kier alpha value is -1.49. The van der Waals surface area contributed by atoms with E-state index in [9.17, 15) is 9.59 Å². The third kappa shape index (κ3) is 4.12. The molecule has 24 heavy (non-hydrogen) atoms. The monoisotopic (exact) mass is 346 g/mol. The van der Waals surface area contributed by atoms with Crippen LogP contribution >= 0.6 is 11.8 Å². The molecule has 0 bridgehead atoms. The summed E-state index contributed by atoms with van der Waals surface area (Å²) < 4.78 is 0. The van der Waals surface area contributed by atoms with Crippen LogP contribution in [0.15, 0.2) is 29.2 Å². The van der Waals surface area contributed by atoms with Crippen molar-refractivity contribution >= 4 is 23.6 Å². The zero-order chi connectivity index (χ0) is 16.9. The van der Waals surface area contributed by atoms with Gasteiger partial charge in [0.05, 0.1) is 6.42 Å². The highest BCUT2D eigenvalue weighted by molar-refractivity contribution is 7.98. The number of piperazine rings is 1. The Labute approximate surface area is 148 Å². The van der Waals surface area contributed by atoms with Crippen LogP contribution in [-0.2, 0) is 16.0 Å². The summed E-state index contributed by atoms with van der Waals surface area (Å²) in [6.07, 6.45) is 6.96. The molecule has 2 fully saturated rings. The van der Waals surface area contributed by atoms with Gasteiger partial charge >= 0.3 is 0 Å². The molecule has 1 aliphatic carbocycles. The number of hydrogen-bond donors (Lipinski definition) is 0. The molecule has 1 aliphatic heterocycles. The Bertz CT molecular complexity index is 574. The van der Waals surface area contributed by atoms with Crippen molar-refractivity contribution in [1.82, 2.24) is 9.80 Å². The fourth-order valence-corrected chi connectivity index (χ4v) is 4.05. The van der Waals surface area contributed by atoms with Crippen molar-refractivity contribution in [2.24, 2.45) is 5.92 Å². The second-order valence-electron chi connectivity index (χ2n) is 6.71. The maximum atomic E-state index is 12.5. The number of thioether (sulfide) groups is 1. The van der Waals surface area contributed by atoms with E-state index >= 15 is 0 Å². The van der Waals surface area contributed by atoms with Crippen molar-refractivity contribution in [1.29, 1.82) is 0 Å². The van der Waals surface area contributed by atoms with Crippen LogP contribution in [0.5, 0.6) is 0 Å². The van der Waals surface area contributed by atoms with E-state index in [-0.39, 0.29) is 11.8 Å². The lowest BCUT2D eigenvalue weighted by Gasteiger charge is -2.36. The third-order valence-electron chi connectivity index (χ3n) is 5.16. The average molecular weight is 346 g/mol. The van der Waals surface area contributed by atoms with Crippen LogP contribution in [-0.4, -0.2) is 54.0 Å². The predicted octanol–water partition coefficient (Wildman–Crippen LogP) is 2.81. The van der Waals surface area contributed by atoms with Crippen LogP contribution in [0, 0.1) is 5.92 Å². The third-order valence-corrected chi connectivity index (χ3v) is 5.91. The van der Waals surface area contributed by atoms with E-state index in [1.54, 1.807) is 11.8 Å². The number of rotatable bonds is 4. The first kappa shape index (κ1) is 17.3. The zero-order valence-corrected chi connectivity index (χ0v) is 15.2. The number of amides is 2. The Morgan fingerprint density at radius 3 is 2.17 bits per heavy atom. The van der Waals surface area contributed by atoms with Crippen molar-refractivity contribution in [3.63, 3.8) is 0 Å². The second-order valence-corrected chi connectivity index (χ2v) is 7.59. The summed E-state index contributed by atoms with van der Waals surface area (Å²) in [7, 11) is 0. The van der Waals surface area contributed by atoms with Gasteiger partial charge in [-0.3, -0.25) is 9.59 Å². The van der Waals surface area contributed by atoms with Gasteiger partial charge in [-0.05, 0) is 36.8 Å². The molecule has 1 saturated carbocycles. The van der Waals surface area contributed by atoms with E-state index in [0.717, 1.165) is 18.4 Å². The van der Waals surface area contributed by atoms with Gasteiger partial charge in [-0.2, -0.15) is 0 Å². The number of nitrogens with zero attached hydrogens (tertiary/aromatic N) is 2. The van der Waals surface area contributed by atoms with E-state index in [4.69, 9.17) is 0 Å². The van der Waals surface area contributed by atoms with Crippen LogP contribution in [0.25, 0.3) is 0 Å². The van der Waals surface area contributed by atoms with Crippen LogP contribution < -0.4 is 0 Å². The van der Waals surface area contributed by atoms with Crippen molar-refractivity contribution in [3.8, 4) is 0 Å². The van der Waals surface area contributed by atoms with Crippen molar-refractivity contribution in [3.05, 3.63) is 29.8 Å². The molecule has 1 heterocycles. The first-order valence-electron chi connectivity index (χ1n) is 8.87. The SMILES string of the molecule is CSc1ccc(CC(=O)N2CCN(C(=O)C3CCCC3)CC2)cc1. The standard InChI is InChI=1S/C19H26N2O2S/c1-24-17-8-6-15(7-9-17)14-18(22)20-10-12-21(13-11-20)19(23)16-4-2-3-5-16/h6-9,16H,2-5,10-14H2,1H3.